The number of nitrogens with zero attached hydrogens (tertiary/aromatic N) is 2. The molecule has 0 aliphatic carbocycles. The van der Waals surface area contributed by atoms with Crippen LogP contribution in [0.1, 0.15) is 0 Å². The summed E-state index contributed by atoms with van der Waals surface area (Å²) in [5.41, 5.74) is 0.364. The standard InChI is InChI=1S/C14H20ClN3O2/c1-17-5-7-18(2,8-6-17)10-14(20)16-12-9-11(15)3-4-13(12)19/h3-4,9H,5-8,10H2,1-2H3,(H-,16,19,20)/p+1. The second-order valence-corrected chi connectivity index (χ2v) is 6.17. The molecule has 1 aromatic rings. The average molecular weight is 299 g/mol. The monoisotopic (exact) mass is 298 g/mol. The molecule has 0 bridgehead atoms. The average Bonchev–Trinajstić information content (AvgIpc) is 2.37. The highest BCUT2D eigenvalue weighted by atomic mass is 35.5. The molecule has 5 nitrogen and oxygen atoms in total. The molecule has 2 N–H and O–H groups in total. The van der Waals surface area contributed by atoms with E-state index >= 15 is 0 Å². The number of likely N-dealkylation sites (N-methyl/N-ethyl adjacent to an activating group) is 2. The normalized spacial score (nSPS) is 18.8. The van der Waals surface area contributed by atoms with Gasteiger partial charge in [0.1, 0.15) is 5.75 Å². The van der Waals surface area contributed by atoms with Gasteiger partial charge in [-0.25, -0.2) is 0 Å². The topological polar surface area (TPSA) is 52.6 Å². The van der Waals surface area contributed by atoms with Crippen LogP contribution in [0, 0.1) is 0 Å². The first-order chi connectivity index (χ1) is 9.38. The summed E-state index contributed by atoms with van der Waals surface area (Å²) in [6.45, 7) is 4.29. The minimum atomic E-state index is -0.102. The predicted octanol–water partition coefficient (Wildman–Crippen LogP) is 1.38. The number of anilines is 1. The van der Waals surface area contributed by atoms with Gasteiger partial charge in [-0.05, 0) is 25.2 Å². The van der Waals surface area contributed by atoms with E-state index in [4.69, 9.17) is 11.6 Å². The molecule has 0 saturated carbocycles. The van der Waals surface area contributed by atoms with Gasteiger partial charge in [0.2, 0.25) is 0 Å². The lowest BCUT2D eigenvalue weighted by atomic mass is 10.2. The number of aromatic hydroxyl groups is 1. The first-order valence-corrected chi connectivity index (χ1v) is 7.06. The quantitative estimate of drug-likeness (QED) is 0.655. The Morgan fingerprint density at radius 1 is 1.45 bits per heavy atom. The van der Waals surface area contributed by atoms with E-state index in [1.807, 2.05) is 0 Å². The van der Waals surface area contributed by atoms with Gasteiger partial charge in [0.15, 0.2) is 6.54 Å². The molecule has 20 heavy (non-hydrogen) atoms. The molecular weight excluding hydrogens is 278 g/mol. The third-order valence-corrected chi connectivity index (χ3v) is 4.04. The maximum Gasteiger partial charge on any atom is 0.279 e. The number of carbonyl (C=O) groups excluding carboxylic acids is 1. The van der Waals surface area contributed by atoms with Crippen molar-refractivity contribution in [2.24, 2.45) is 0 Å². The van der Waals surface area contributed by atoms with Crippen molar-refractivity contribution < 1.29 is 14.4 Å². The third kappa shape index (κ3) is 3.85. The number of phenols is 1. The second kappa shape index (κ2) is 5.99. The maximum absolute atomic E-state index is 12.1. The largest absolute Gasteiger partial charge is 0.506 e. The smallest absolute Gasteiger partial charge is 0.279 e. The van der Waals surface area contributed by atoms with Crippen LogP contribution in [-0.2, 0) is 4.79 Å². The minimum absolute atomic E-state index is 0.0313. The molecule has 1 fully saturated rings. The number of hydrogen-bond acceptors (Lipinski definition) is 3. The lowest BCUT2D eigenvalue weighted by Crippen LogP contribution is -2.58. The van der Waals surface area contributed by atoms with Crippen molar-refractivity contribution >= 4 is 23.2 Å². The summed E-state index contributed by atoms with van der Waals surface area (Å²) in [7, 11) is 4.18. The summed E-state index contributed by atoms with van der Waals surface area (Å²) in [6, 6.07) is 4.61. The van der Waals surface area contributed by atoms with E-state index in [1.54, 1.807) is 12.1 Å². The number of carbonyl (C=O) groups is 1. The summed E-state index contributed by atoms with van der Waals surface area (Å²) < 4.78 is 0.720. The van der Waals surface area contributed by atoms with Crippen molar-refractivity contribution in [1.82, 2.24) is 4.90 Å². The van der Waals surface area contributed by atoms with Crippen molar-refractivity contribution in [2.45, 2.75) is 0 Å². The molecule has 2 rings (SSSR count). The Kier molecular flexibility index (Phi) is 4.52. The minimum Gasteiger partial charge on any atom is -0.506 e. The summed E-state index contributed by atoms with van der Waals surface area (Å²) in [5.74, 6) is -0.0709. The number of piperazine rings is 1. The summed E-state index contributed by atoms with van der Waals surface area (Å²) in [5, 5.41) is 12.9. The SMILES string of the molecule is CN1CC[N+](C)(CC(=O)Nc2cc(Cl)ccc2O)CC1. The number of phenolic OH excluding ortho intramolecular Hbond substituents is 1. The molecule has 1 aliphatic rings. The van der Waals surface area contributed by atoms with Crippen LogP contribution < -0.4 is 5.32 Å². The molecule has 1 amide bonds. The molecule has 0 aromatic heterocycles. The predicted molar refractivity (Wildman–Crippen MR) is 80.0 cm³/mol. The molecule has 1 aromatic carbocycles. The van der Waals surface area contributed by atoms with Gasteiger partial charge < -0.3 is 14.9 Å². The van der Waals surface area contributed by atoms with Crippen LogP contribution in [0.5, 0.6) is 5.75 Å². The van der Waals surface area contributed by atoms with Gasteiger partial charge >= 0.3 is 0 Å². The van der Waals surface area contributed by atoms with E-state index in [-0.39, 0.29) is 11.7 Å². The fourth-order valence-corrected chi connectivity index (χ4v) is 2.52. The lowest BCUT2D eigenvalue weighted by molar-refractivity contribution is -0.905. The highest BCUT2D eigenvalue weighted by Gasteiger charge is 2.29. The molecule has 1 aliphatic heterocycles. The van der Waals surface area contributed by atoms with E-state index in [0.717, 1.165) is 30.7 Å². The van der Waals surface area contributed by atoms with E-state index in [9.17, 15) is 9.90 Å². The zero-order valence-electron chi connectivity index (χ0n) is 11.9. The number of benzene rings is 1. The van der Waals surface area contributed by atoms with Gasteiger partial charge in [-0.1, -0.05) is 11.6 Å². The molecule has 0 atom stereocenters. The van der Waals surface area contributed by atoms with Crippen LogP contribution in [0.15, 0.2) is 18.2 Å². The molecule has 1 saturated heterocycles. The van der Waals surface area contributed by atoms with E-state index < -0.39 is 0 Å². The molecule has 110 valence electrons. The van der Waals surface area contributed by atoms with Gasteiger partial charge in [-0.3, -0.25) is 9.69 Å². The zero-order valence-corrected chi connectivity index (χ0v) is 12.7. The van der Waals surface area contributed by atoms with Crippen LogP contribution in [0.2, 0.25) is 5.02 Å². The van der Waals surface area contributed by atoms with Gasteiger partial charge in [-0.15, -0.1) is 0 Å². The van der Waals surface area contributed by atoms with Crippen molar-refractivity contribution in [3.63, 3.8) is 0 Å². The van der Waals surface area contributed by atoms with Crippen molar-refractivity contribution in [3.8, 4) is 5.75 Å². The van der Waals surface area contributed by atoms with E-state index in [0.29, 0.717) is 17.3 Å². The summed E-state index contributed by atoms with van der Waals surface area (Å²) >= 11 is 5.86. The highest BCUT2D eigenvalue weighted by molar-refractivity contribution is 6.31. The van der Waals surface area contributed by atoms with Crippen LogP contribution >= 0.6 is 11.6 Å². The van der Waals surface area contributed by atoms with Gasteiger partial charge in [0.25, 0.3) is 5.91 Å². The number of rotatable bonds is 3. The first kappa shape index (κ1) is 15.1. The third-order valence-electron chi connectivity index (χ3n) is 3.80. The molecule has 6 heteroatoms. The second-order valence-electron chi connectivity index (χ2n) is 5.74. The van der Waals surface area contributed by atoms with Crippen LogP contribution in [0.25, 0.3) is 0 Å². The van der Waals surface area contributed by atoms with Gasteiger partial charge in [0, 0.05) is 18.1 Å². The zero-order chi connectivity index (χ0) is 14.8. The fourth-order valence-electron chi connectivity index (χ4n) is 2.35. The van der Waals surface area contributed by atoms with Gasteiger partial charge in [-0.2, -0.15) is 0 Å². The fraction of sp³-hybridized carbons (Fsp3) is 0.500. The van der Waals surface area contributed by atoms with Crippen molar-refractivity contribution in [2.75, 3.05) is 52.1 Å². The maximum atomic E-state index is 12.1. The Morgan fingerprint density at radius 2 is 2.10 bits per heavy atom. The Balaban J connectivity index is 1.97. The molecular formula is C14H21ClN3O2+. The van der Waals surface area contributed by atoms with E-state index in [1.165, 1.54) is 6.07 Å². The first-order valence-electron chi connectivity index (χ1n) is 6.68. The van der Waals surface area contributed by atoms with Crippen LogP contribution in [-0.4, -0.2) is 67.2 Å². The Morgan fingerprint density at radius 3 is 2.75 bits per heavy atom. The summed E-state index contributed by atoms with van der Waals surface area (Å²) in [4.78, 5) is 14.4. The molecule has 0 spiro atoms. The number of halogens is 1. The molecule has 0 radical (unpaired) electrons. The van der Waals surface area contributed by atoms with Crippen molar-refractivity contribution in [1.29, 1.82) is 0 Å². The number of quaternary nitrogens is 1. The Bertz CT molecular complexity index is 499. The number of amides is 1. The molecule has 1 heterocycles. The summed E-state index contributed by atoms with van der Waals surface area (Å²) in [6.07, 6.45) is 0. The number of hydrogen-bond donors (Lipinski definition) is 2. The van der Waals surface area contributed by atoms with Crippen LogP contribution in [0.4, 0.5) is 5.69 Å². The number of nitrogens with one attached hydrogen (secondary N) is 1. The van der Waals surface area contributed by atoms with Gasteiger partial charge in [0.05, 0.1) is 25.8 Å². The Labute approximate surface area is 124 Å². The van der Waals surface area contributed by atoms with E-state index in [2.05, 4.69) is 24.3 Å². The van der Waals surface area contributed by atoms with Crippen LogP contribution in [0.3, 0.4) is 0 Å². The molecule has 0 unspecified atom stereocenters. The lowest BCUT2D eigenvalue weighted by Gasteiger charge is -2.40. The Hall–Kier alpha value is -1.30. The van der Waals surface area contributed by atoms with Crippen molar-refractivity contribution in [3.05, 3.63) is 23.2 Å². The highest BCUT2D eigenvalue weighted by Crippen LogP contribution is 2.26.